The molecule has 0 aliphatic carbocycles. The van der Waals surface area contributed by atoms with Gasteiger partial charge in [-0.1, -0.05) is 13.3 Å². The molecule has 1 saturated heterocycles. The van der Waals surface area contributed by atoms with Gasteiger partial charge in [-0.15, -0.1) is 0 Å². The molecule has 3 nitrogen and oxygen atoms in total. The Hall–Kier alpha value is -0.820. The highest BCUT2D eigenvalue weighted by atomic mass is 79.9. The van der Waals surface area contributed by atoms with Gasteiger partial charge in [0.05, 0.1) is 0 Å². The van der Waals surface area contributed by atoms with E-state index in [2.05, 4.69) is 33.6 Å². The average Bonchev–Trinajstić information content (AvgIpc) is 2.48. The van der Waals surface area contributed by atoms with Gasteiger partial charge >= 0.3 is 5.91 Å². The Morgan fingerprint density at radius 3 is 3.00 bits per heavy atom. The summed E-state index contributed by atoms with van der Waals surface area (Å²) in [5.74, 6) is 2.15. The van der Waals surface area contributed by atoms with Gasteiger partial charge in [0.25, 0.3) is 0 Å². The fraction of sp³-hybridized carbons (Fsp3) is 0.600. The molecular formula is C10H12BrNO2. The van der Waals surface area contributed by atoms with Crippen molar-refractivity contribution >= 4 is 27.7 Å². The third-order valence-corrected chi connectivity index (χ3v) is 2.50. The molecule has 1 unspecified atom stereocenters. The van der Waals surface area contributed by atoms with Crippen molar-refractivity contribution < 1.29 is 9.59 Å². The van der Waals surface area contributed by atoms with Crippen LogP contribution in [0.25, 0.3) is 0 Å². The fourth-order valence-corrected chi connectivity index (χ4v) is 1.86. The number of halogens is 1. The van der Waals surface area contributed by atoms with Crippen molar-refractivity contribution in [2.24, 2.45) is 5.92 Å². The van der Waals surface area contributed by atoms with E-state index in [0.29, 0.717) is 18.9 Å². The summed E-state index contributed by atoms with van der Waals surface area (Å²) in [6.45, 7) is 2.61. The standard InChI is InChI=1S/C10H12BrNO2/c1-2-3-8-6-10(14)12(7-8)9(13)4-5-11/h8H,2-3,6-7H2,1H3. The summed E-state index contributed by atoms with van der Waals surface area (Å²) in [7, 11) is 0. The predicted octanol–water partition coefficient (Wildman–Crippen LogP) is 1.52. The molecule has 1 aliphatic heterocycles. The zero-order valence-electron chi connectivity index (χ0n) is 8.05. The Morgan fingerprint density at radius 1 is 1.71 bits per heavy atom. The Labute approximate surface area is 92.0 Å². The van der Waals surface area contributed by atoms with E-state index in [1.807, 2.05) is 0 Å². The molecule has 0 N–H and O–H groups in total. The van der Waals surface area contributed by atoms with E-state index in [4.69, 9.17) is 0 Å². The highest BCUT2D eigenvalue weighted by Crippen LogP contribution is 2.21. The normalized spacial score (nSPS) is 20.6. The SMILES string of the molecule is CCCC1CC(=O)N(C(=O)C#CBr)C1. The van der Waals surface area contributed by atoms with E-state index in [1.165, 1.54) is 4.90 Å². The molecule has 1 heterocycles. The molecule has 1 atom stereocenters. The van der Waals surface area contributed by atoms with Crippen LogP contribution < -0.4 is 0 Å². The van der Waals surface area contributed by atoms with Gasteiger partial charge in [0.1, 0.15) is 0 Å². The minimum Gasteiger partial charge on any atom is -0.274 e. The number of rotatable bonds is 2. The second-order valence-electron chi connectivity index (χ2n) is 3.39. The molecule has 2 amide bonds. The molecular weight excluding hydrogens is 246 g/mol. The lowest BCUT2D eigenvalue weighted by Gasteiger charge is -2.10. The Balaban J connectivity index is 2.59. The van der Waals surface area contributed by atoms with Crippen LogP contribution in [0.3, 0.4) is 0 Å². The predicted molar refractivity (Wildman–Crippen MR) is 56.4 cm³/mol. The smallest absolute Gasteiger partial charge is 0.274 e. The van der Waals surface area contributed by atoms with Crippen molar-refractivity contribution in [1.82, 2.24) is 4.90 Å². The molecule has 0 aromatic rings. The van der Waals surface area contributed by atoms with E-state index >= 15 is 0 Å². The summed E-state index contributed by atoms with van der Waals surface area (Å²) in [6.07, 6.45) is 2.53. The van der Waals surface area contributed by atoms with Crippen LogP contribution in [0.5, 0.6) is 0 Å². The second-order valence-corrected chi connectivity index (χ2v) is 3.78. The molecule has 0 spiro atoms. The number of imide groups is 1. The monoisotopic (exact) mass is 257 g/mol. The Morgan fingerprint density at radius 2 is 2.43 bits per heavy atom. The second kappa shape index (κ2) is 5.16. The van der Waals surface area contributed by atoms with Crippen LogP contribution in [0.4, 0.5) is 0 Å². The lowest BCUT2D eigenvalue weighted by Crippen LogP contribution is -2.31. The van der Waals surface area contributed by atoms with Gasteiger partial charge in [-0.05, 0) is 17.2 Å². The largest absolute Gasteiger partial charge is 0.305 e. The van der Waals surface area contributed by atoms with E-state index in [9.17, 15) is 9.59 Å². The highest BCUT2D eigenvalue weighted by molar-refractivity contribution is 9.12. The topological polar surface area (TPSA) is 37.4 Å². The summed E-state index contributed by atoms with van der Waals surface area (Å²) in [4.78, 5) is 26.3. The number of carbonyl (C=O) groups is 2. The minimum atomic E-state index is -0.398. The van der Waals surface area contributed by atoms with E-state index in [0.717, 1.165) is 12.8 Å². The van der Waals surface area contributed by atoms with Crippen LogP contribution in [0.15, 0.2) is 0 Å². The maximum Gasteiger partial charge on any atom is 0.305 e. The summed E-state index contributed by atoms with van der Waals surface area (Å²) < 4.78 is 0. The lowest BCUT2D eigenvalue weighted by molar-refractivity contribution is -0.138. The van der Waals surface area contributed by atoms with Crippen molar-refractivity contribution in [3.05, 3.63) is 0 Å². The molecule has 0 bridgehead atoms. The number of likely N-dealkylation sites (tertiary alicyclic amines) is 1. The molecule has 0 saturated carbocycles. The van der Waals surface area contributed by atoms with Gasteiger partial charge < -0.3 is 0 Å². The van der Waals surface area contributed by atoms with Crippen LogP contribution in [-0.2, 0) is 9.59 Å². The first kappa shape index (κ1) is 11.3. The molecule has 0 radical (unpaired) electrons. The maximum atomic E-state index is 11.4. The van der Waals surface area contributed by atoms with Crippen LogP contribution in [0, 0.1) is 16.7 Å². The molecule has 1 aliphatic rings. The van der Waals surface area contributed by atoms with Crippen LogP contribution in [0.2, 0.25) is 0 Å². The van der Waals surface area contributed by atoms with Crippen molar-refractivity contribution in [2.45, 2.75) is 26.2 Å². The molecule has 76 valence electrons. The van der Waals surface area contributed by atoms with E-state index < -0.39 is 5.91 Å². The van der Waals surface area contributed by atoms with Crippen molar-refractivity contribution in [1.29, 1.82) is 0 Å². The third kappa shape index (κ3) is 2.58. The lowest BCUT2D eigenvalue weighted by atomic mass is 10.0. The summed E-state index contributed by atoms with van der Waals surface area (Å²) in [5, 5.41) is 0. The van der Waals surface area contributed by atoms with Gasteiger partial charge in [-0.2, -0.15) is 0 Å². The molecule has 4 heteroatoms. The van der Waals surface area contributed by atoms with E-state index in [-0.39, 0.29) is 5.91 Å². The van der Waals surface area contributed by atoms with Crippen LogP contribution >= 0.6 is 15.9 Å². The first-order valence-electron chi connectivity index (χ1n) is 4.65. The Kier molecular flexibility index (Phi) is 4.15. The van der Waals surface area contributed by atoms with Gasteiger partial charge in [-0.3, -0.25) is 14.5 Å². The quantitative estimate of drug-likeness (QED) is 0.704. The van der Waals surface area contributed by atoms with Gasteiger partial charge in [0, 0.05) is 34.8 Å². The van der Waals surface area contributed by atoms with Crippen molar-refractivity contribution in [3.8, 4) is 10.8 Å². The first-order chi connectivity index (χ1) is 6.69. The number of carbonyl (C=O) groups excluding carboxylic acids is 2. The number of nitrogens with zero attached hydrogens (tertiary/aromatic N) is 1. The van der Waals surface area contributed by atoms with E-state index in [1.54, 1.807) is 0 Å². The van der Waals surface area contributed by atoms with Gasteiger partial charge in [0.2, 0.25) is 5.91 Å². The van der Waals surface area contributed by atoms with Crippen molar-refractivity contribution in [3.63, 3.8) is 0 Å². The number of hydrogen-bond donors (Lipinski definition) is 0. The van der Waals surface area contributed by atoms with Gasteiger partial charge in [0.15, 0.2) is 0 Å². The highest BCUT2D eigenvalue weighted by Gasteiger charge is 2.32. The zero-order chi connectivity index (χ0) is 10.6. The minimum absolute atomic E-state index is 0.0938. The number of amides is 2. The molecule has 1 rings (SSSR count). The number of hydrogen-bond acceptors (Lipinski definition) is 2. The van der Waals surface area contributed by atoms with Crippen LogP contribution in [-0.4, -0.2) is 23.3 Å². The first-order valence-corrected chi connectivity index (χ1v) is 5.44. The van der Waals surface area contributed by atoms with Crippen LogP contribution in [0.1, 0.15) is 26.2 Å². The summed E-state index contributed by atoms with van der Waals surface area (Å²) >= 11 is 2.84. The molecule has 14 heavy (non-hydrogen) atoms. The summed E-state index contributed by atoms with van der Waals surface area (Å²) in [6, 6.07) is 0. The molecule has 1 fully saturated rings. The Bertz CT molecular complexity index is 303. The molecule has 0 aromatic carbocycles. The summed E-state index contributed by atoms with van der Waals surface area (Å²) in [5.41, 5.74) is 0. The van der Waals surface area contributed by atoms with Crippen molar-refractivity contribution in [2.75, 3.05) is 6.54 Å². The maximum absolute atomic E-state index is 11.4. The third-order valence-electron chi connectivity index (χ3n) is 2.30. The average molecular weight is 258 g/mol. The van der Waals surface area contributed by atoms with Gasteiger partial charge in [-0.25, -0.2) is 0 Å². The molecule has 0 aromatic heterocycles. The zero-order valence-corrected chi connectivity index (χ0v) is 9.63. The fourth-order valence-electron chi connectivity index (χ4n) is 1.69.